The van der Waals surface area contributed by atoms with Gasteiger partial charge in [0.15, 0.2) is 11.5 Å². The van der Waals surface area contributed by atoms with Gasteiger partial charge < -0.3 is 20.1 Å². The SMILES string of the molecule is O=C(NCc1ccc2c(c1)OCO2)c1ccc(Nc2ccccc2)cn1. The lowest BCUT2D eigenvalue weighted by molar-refractivity contribution is 0.0946. The van der Waals surface area contributed by atoms with E-state index in [0.29, 0.717) is 18.0 Å². The molecule has 0 saturated heterocycles. The molecule has 0 fully saturated rings. The van der Waals surface area contributed by atoms with E-state index in [1.165, 1.54) is 0 Å². The minimum atomic E-state index is -0.228. The lowest BCUT2D eigenvalue weighted by Gasteiger charge is -2.08. The normalized spacial score (nSPS) is 11.8. The van der Waals surface area contributed by atoms with Crippen molar-refractivity contribution >= 4 is 17.3 Å². The van der Waals surface area contributed by atoms with Crippen LogP contribution in [0.4, 0.5) is 11.4 Å². The number of hydrogen-bond donors (Lipinski definition) is 2. The first kappa shape index (κ1) is 16.0. The number of para-hydroxylation sites is 1. The predicted molar refractivity (Wildman–Crippen MR) is 97.7 cm³/mol. The first-order chi connectivity index (χ1) is 12.8. The number of amides is 1. The Labute approximate surface area is 150 Å². The highest BCUT2D eigenvalue weighted by Crippen LogP contribution is 2.32. The molecule has 6 nitrogen and oxygen atoms in total. The molecule has 2 heterocycles. The summed E-state index contributed by atoms with van der Waals surface area (Å²) in [7, 11) is 0. The van der Waals surface area contributed by atoms with Crippen molar-refractivity contribution in [3.8, 4) is 11.5 Å². The van der Waals surface area contributed by atoms with Gasteiger partial charge in [0, 0.05) is 12.2 Å². The van der Waals surface area contributed by atoms with Crippen molar-refractivity contribution in [1.29, 1.82) is 0 Å². The van der Waals surface area contributed by atoms with Crippen LogP contribution in [-0.2, 0) is 6.54 Å². The summed E-state index contributed by atoms with van der Waals surface area (Å²) in [6.45, 7) is 0.625. The van der Waals surface area contributed by atoms with Crippen molar-refractivity contribution in [2.45, 2.75) is 6.54 Å². The van der Waals surface area contributed by atoms with Gasteiger partial charge in [0.1, 0.15) is 5.69 Å². The van der Waals surface area contributed by atoms with Crippen LogP contribution >= 0.6 is 0 Å². The van der Waals surface area contributed by atoms with Gasteiger partial charge >= 0.3 is 0 Å². The second-order valence-electron chi connectivity index (χ2n) is 5.79. The van der Waals surface area contributed by atoms with Crippen LogP contribution in [-0.4, -0.2) is 17.7 Å². The molecule has 0 atom stereocenters. The number of nitrogens with zero attached hydrogens (tertiary/aromatic N) is 1. The van der Waals surface area contributed by atoms with E-state index in [4.69, 9.17) is 9.47 Å². The quantitative estimate of drug-likeness (QED) is 0.739. The number of hydrogen-bond acceptors (Lipinski definition) is 5. The van der Waals surface area contributed by atoms with Crippen molar-refractivity contribution in [2.24, 2.45) is 0 Å². The Balaban J connectivity index is 1.36. The summed E-state index contributed by atoms with van der Waals surface area (Å²) >= 11 is 0. The van der Waals surface area contributed by atoms with Crippen LogP contribution < -0.4 is 20.1 Å². The third kappa shape index (κ3) is 3.59. The van der Waals surface area contributed by atoms with E-state index in [1.54, 1.807) is 12.3 Å². The molecule has 4 rings (SSSR count). The van der Waals surface area contributed by atoms with Crippen LogP contribution in [0.5, 0.6) is 11.5 Å². The largest absolute Gasteiger partial charge is 0.454 e. The Morgan fingerprint density at radius 3 is 2.62 bits per heavy atom. The lowest BCUT2D eigenvalue weighted by atomic mass is 10.2. The summed E-state index contributed by atoms with van der Waals surface area (Å²) in [5.74, 6) is 1.20. The van der Waals surface area contributed by atoms with Crippen molar-refractivity contribution in [3.63, 3.8) is 0 Å². The number of anilines is 2. The van der Waals surface area contributed by atoms with Crippen molar-refractivity contribution in [3.05, 3.63) is 78.1 Å². The highest BCUT2D eigenvalue weighted by Gasteiger charge is 2.14. The Morgan fingerprint density at radius 1 is 0.962 bits per heavy atom. The molecular formula is C20H17N3O3. The number of nitrogens with one attached hydrogen (secondary N) is 2. The molecule has 1 amide bonds. The zero-order chi connectivity index (χ0) is 17.8. The van der Waals surface area contributed by atoms with Crippen molar-refractivity contribution < 1.29 is 14.3 Å². The van der Waals surface area contributed by atoms with E-state index in [9.17, 15) is 4.79 Å². The summed E-state index contributed by atoms with van der Waals surface area (Å²) in [4.78, 5) is 16.5. The van der Waals surface area contributed by atoms with E-state index in [0.717, 1.165) is 22.7 Å². The molecule has 0 bridgehead atoms. The molecule has 3 aromatic rings. The van der Waals surface area contributed by atoms with Gasteiger partial charge in [-0.2, -0.15) is 0 Å². The van der Waals surface area contributed by atoms with Crippen molar-refractivity contribution in [2.75, 3.05) is 12.1 Å². The van der Waals surface area contributed by atoms with Gasteiger partial charge in [0.05, 0.1) is 11.9 Å². The van der Waals surface area contributed by atoms with E-state index >= 15 is 0 Å². The zero-order valence-corrected chi connectivity index (χ0v) is 13.9. The Morgan fingerprint density at radius 2 is 1.81 bits per heavy atom. The number of benzene rings is 2. The Bertz CT molecular complexity index is 911. The maximum Gasteiger partial charge on any atom is 0.270 e. The van der Waals surface area contributed by atoms with Crippen LogP contribution in [0.15, 0.2) is 66.9 Å². The molecule has 2 N–H and O–H groups in total. The van der Waals surface area contributed by atoms with Crippen LogP contribution in [0.2, 0.25) is 0 Å². The van der Waals surface area contributed by atoms with Crippen molar-refractivity contribution in [1.82, 2.24) is 10.3 Å². The fourth-order valence-electron chi connectivity index (χ4n) is 2.61. The van der Waals surface area contributed by atoms with Crippen LogP contribution in [0, 0.1) is 0 Å². The molecular weight excluding hydrogens is 330 g/mol. The third-order valence-electron chi connectivity index (χ3n) is 3.95. The van der Waals surface area contributed by atoms with E-state index in [-0.39, 0.29) is 12.7 Å². The van der Waals surface area contributed by atoms with Crippen LogP contribution in [0.1, 0.15) is 16.1 Å². The number of aromatic nitrogens is 1. The van der Waals surface area contributed by atoms with Gasteiger partial charge in [-0.3, -0.25) is 4.79 Å². The Kier molecular flexibility index (Phi) is 4.38. The summed E-state index contributed by atoms with van der Waals surface area (Å²) in [5, 5.41) is 6.09. The fraction of sp³-hybridized carbons (Fsp3) is 0.100. The van der Waals surface area contributed by atoms with E-state index < -0.39 is 0 Å². The number of carbonyl (C=O) groups is 1. The standard InChI is InChI=1S/C20H17N3O3/c24-20(22-11-14-6-9-18-19(10-14)26-13-25-18)17-8-7-16(12-21-17)23-15-4-2-1-3-5-15/h1-10,12,23H,11,13H2,(H,22,24). The van der Waals surface area contributed by atoms with Crippen LogP contribution in [0.3, 0.4) is 0 Å². The first-order valence-corrected chi connectivity index (χ1v) is 8.23. The average molecular weight is 347 g/mol. The average Bonchev–Trinajstić information content (AvgIpc) is 3.15. The number of ether oxygens (including phenoxy) is 2. The second-order valence-corrected chi connectivity index (χ2v) is 5.79. The topological polar surface area (TPSA) is 72.5 Å². The molecule has 1 aliphatic rings. The van der Waals surface area contributed by atoms with Crippen LogP contribution in [0.25, 0.3) is 0 Å². The molecule has 0 unspecified atom stereocenters. The number of carbonyl (C=O) groups excluding carboxylic acids is 1. The highest BCUT2D eigenvalue weighted by molar-refractivity contribution is 5.92. The lowest BCUT2D eigenvalue weighted by Crippen LogP contribution is -2.23. The van der Waals surface area contributed by atoms with E-state index in [1.807, 2.05) is 54.6 Å². The minimum Gasteiger partial charge on any atom is -0.454 e. The smallest absolute Gasteiger partial charge is 0.270 e. The van der Waals surface area contributed by atoms with Gasteiger partial charge in [0.25, 0.3) is 5.91 Å². The maximum absolute atomic E-state index is 12.3. The molecule has 2 aromatic carbocycles. The first-order valence-electron chi connectivity index (χ1n) is 8.23. The van der Waals surface area contributed by atoms with Gasteiger partial charge in [-0.1, -0.05) is 24.3 Å². The van der Waals surface area contributed by atoms with Gasteiger partial charge in [-0.25, -0.2) is 4.98 Å². The zero-order valence-electron chi connectivity index (χ0n) is 13.9. The van der Waals surface area contributed by atoms with Gasteiger partial charge in [0.2, 0.25) is 6.79 Å². The summed E-state index contributed by atoms with van der Waals surface area (Å²) < 4.78 is 10.6. The van der Waals surface area contributed by atoms with E-state index in [2.05, 4.69) is 15.6 Å². The summed E-state index contributed by atoms with van der Waals surface area (Å²) in [6, 6.07) is 18.9. The van der Waals surface area contributed by atoms with Gasteiger partial charge in [-0.05, 0) is 42.0 Å². The minimum absolute atomic E-state index is 0.228. The number of pyridine rings is 1. The molecule has 0 aliphatic carbocycles. The number of fused-ring (bicyclic) bond motifs is 1. The molecule has 6 heteroatoms. The molecule has 0 saturated carbocycles. The number of rotatable bonds is 5. The Hall–Kier alpha value is -3.54. The maximum atomic E-state index is 12.3. The highest BCUT2D eigenvalue weighted by atomic mass is 16.7. The third-order valence-corrected chi connectivity index (χ3v) is 3.95. The molecule has 26 heavy (non-hydrogen) atoms. The molecule has 1 aliphatic heterocycles. The predicted octanol–water partition coefficient (Wildman–Crippen LogP) is 3.48. The molecule has 0 radical (unpaired) electrons. The van der Waals surface area contributed by atoms with Gasteiger partial charge in [-0.15, -0.1) is 0 Å². The fourth-order valence-corrected chi connectivity index (χ4v) is 2.61. The summed E-state index contributed by atoms with van der Waals surface area (Å²) in [6.07, 6.45) is 1.64. The monoisotopic (exact) mass is 347 g/mol. The molecule has 0 spiro atoms. The second kappa shape index (κ2) is 7.14. The molecule has 1 aromatic heterocycles. The summed E-state index contributed by atoms with van der Waals surface area (Å²) in [5.41, 5.74) is 3.09. The molecule has 130 valence electrons.